The van der Waals surface area contributed by atoms with Crippen LogP contribution in [0, 0.1) is 0 Å². The number of nitrogens with zero attached hydrogens (tertiary/aromatic N) is 1. The Morgan fingerprint density at radius 3 is 2.37 bits per heavy atom. The van der Waals surface area contributed by atoms with Crippen LogP contribution in [0.2, 0.25) is 0 Å². The van der Waals surface area contributed by atoms with Crippen molar-refractivity contribution < 1.29 is 9.47 Å². The number of ether oxygens (including phenoxy) is 2. The number of anilines is 1. The maximum atomic E-state index is 5.94. The molecule has 1 fully saturated rings. The van der Waals surface area contributed by atoms with E-state index in [1.165, 1.54) is 5.69 Å². The highest BCUT2D eigenvalue weighted by Gasteiger charge is 2.17. The van der Waals surface area contributed by atoms with Crippen LogP contribution in [0.25, 0.3) is 0 Å². The van der Waals surface area contributed by atoms with Crippen molar-refractivity contribution in [3.05, 3.63) is 18.2 Å². The Bertz CT molecular complexity index is 401. The van der Waals surface area contributed by atoms with Gasteiger partial charge >= 0.3 is 0 Å². The second-order valence-corrected chi connectivity index (χ2v) is 4.82. The summed E-state index contributed by atoms with van der Waals surface area (Å²) in [5, 5.41) is 0. The summed E-state index contributed by atoms with van der Waals surface area (Å²) in [4.78, 5) is 2.36. The van der Waals surface area contributed by atoms with E-state index in [2.05, 4.69) is 17.0 Å². The Balaban J connectivity index is 2.15. The lowest BCUT2D eigenvalue weighted by Crippen LogP contribution is -2.39. The van der Waals surface area contributed by atoms with Gasteiger partial charge in [0.2, 0.25) is 0 Å². The van der Waals surface area contributed by atoms with Crippen molar-refractivity contribution in [2.45, 2.75) is 32.7 Å². The van der Waals surface area contributed by atoms with Gasteiger partial charge in [0.05, 0.1) is 13.2 Å². The van der Waals surface area contributed by atoms with Gasteiger partial charge in [0.15, 0.2) is 11.5 Å². The van der Waals surface area contributed by atoms with E-state index < -0.39 is 0 Å². The summed E-state index contributed by atoms with van der Waals surface area (Å²) in [6.45, 7) is 7.30. The standard InChI is InChI=1S/C15H24N2O2/c1-3-18-14-6-5-13(11-15(14)19-4-2)17-9-7-12(16)8-10-17/h5-6,11-12H,3-4,7-10,16H2,1-2H3. The Kier molecular flexibility index (Phi) is 4.91. The molecule has 1 aliphatic heterocycles. The van der Waals surface area contributed by atoms with Gasteiger partial charge in [0, 0.05) is 30.9 Å². The first-order chi connectivity index (χ1) is 9.24. The van der Waals surface area contributed by atoms with Crippen LogP contribution >= 0.6 is 0 Å². The number of nitrogens with two attached hydrogens (primary N) is 1. The van der Waals surface area contributed by atoms with E-state index in [0.29, 0.717) is 19.3 Å². The van der Waals surface area contributed by atoms with E-state index >= 15 is 0 Å². The van der Waals surface area contributed by atoms with E-state index in [9.17, 15) is 0 Å². The molecule has 4 heteroatoms. The quantitative estimate of drug-likeness (QED) is 0.887. The molecule has 0 radical (unpaired) electrons. The largest absolute Gasteiger partial charge is 0.490 e. The molecule has 1 aliphatic rings. The number of hydrogen-bond donors (Lipinski definition) is 1. The molecule has 1 heterocycles. The van der Waals surface area contributed by atoms with Crippen molar-refractivity contribution in [1.29, 1.82) is 0 Å². The predicted octanol–water partition coefficient (Wildman–Crippen LogP) is 2.41. The average molecular weight is 264 g/mol. The Labute approximate surface area is 115 Å². The average Bonchev–Trinajstić information content (AvgIpc) is 2.42. The lowest BCUT2D eigenvalue weighted by molar-refractivity contribution is 0.288. The van der Waals surface area contributed by atoms with Gasteiger partial charge in [-0.25, -0.2) is 0 Å². The van der Waals surface area contributed by atoms with Crippen LogP contribution in [-0.4, -0.2) is 32.3 Å². The molecule has 0 amide bonds. The molecule has 1 aromatic carbocycles. The van der Waals surface area contributed by atoms with Crippen LogP contribution < -0.4 is 20.1 Å². The maximum Gasteiger partial charge on any atom is 0.163 e. The van der Waals surface area contributed by atoms with Crippen LogP contribution in [0.15, 0.2) is 18.2 Å². The molecule has 1 saturated heterocycles. The second kappa shape index (κ2) is 6.66. The van der Waals surface area contributed by atoms with Crippen LogP contribution in [0.4, 0.5) is 5.69 Å². The zero-order valence-electron chi connectivity index (χ0n) is 11.9. The molecule has 0 unspecified atom stereocenters. The highest BCUT2D eigenvalue weighted by atomic mass is 16.5. The highest BCUT2D eigenvalue weighted by Crippen LogP contribution is 2.33. The topological polar surface area (TPSA) is 47.7 Å². The molecule has 0 bridgehead atoms. The highest BCUT2D eigenvalue weighted by molar-refractivity contribution is 5.56. The molecule has 0 aromatic heterocycles. The van der Waals surface area contributed by atoms with Gasteiger partial charge in [-0.15, -0.1) is 0 Å². The third kappa shape index (κ3) is 3.53. The fourth-order valence-corrected chi connectivity index (χ4v) is 2.39. The fourth-order valence-electron chi connectivity index (χ4n) is 2.39. The lowest BCUT2D eigenvalue weighted by Gasteiger charge is -2.32. The van der Waals surface area contributed by atoms with Gasteiger partial charge in [-0.2, -0.15) is 0 Å². The number of hydrogen-bond acceptors (Lipinski definition) is 4. The van der Waals surface area contributed by atoms with Crippen molar-refractivity contribution in [2.75, 3.05) is 31.2 Å². The summed E-state index contributed by atoms with van der Waals surface area (Å²) >= 11 is 0. The normalized spacial score (nSPS) is 16.5. The molecule has 2 N–H and O–H groups in total. The predicted molar refractivity (Wildman–Crippen MR) is 78.2 cm³/mol. The smallest absolute Gasteiger partial charge is 0.163 e. The van der Waals surface area contributed by atoms with Gasteiger partial charge in [0.1, 0.15) is 0 Å². The monoisotopic (exact) mass is 264 g/mol. The van der Waals surface area contributed by atoms with E-state index in [4.69, 9.17) is 15.2 Å². The number of benzene rings is 1. The molecule has 4 nitrogen and oxygen atoms in total. The first-order valence-electron chi connectivity index (χ1n) is 7.14. The Morgan fingerprint density at radius 2 is 1.74 bits per heavy atom. The van der Waals surface area contributed by atoms with Gasteiger partial charge in [-0.05, 0) is 38.8 Å². The van der Waals surface area contributed by atoms with Crippen molar-refractivity contribution >= 4 is 5.69 Å². The van der Waals surface area contributed by atoms with E-state index in [0.717, 1.165) is 37.4 Å². The lowest BCUT2D eigenvalue weighted by atomic mass is 10.1. The summed E-state index contributed by atoms with van der Waals surface area (Å²) in [5.41, 5.74) is 7.14. The van der Waals surface area contributed by atoms with Crippen molar-refractivity contribution in [1.82, 2.24) is 0 Å². The van der Waals surface area contributed by atoms with Gasteiger partial charge in [-0.3, -0.25) is 0 Å². The molecule has 0 atom stereocenters. The van der Waals surface area contributed by atoms with Crippen molar-refractivity contribution in [3.8, 4) is 11.5 Å². The van der Waals surface area contributed by atoms with Crippen LogP contribution in [0.3, 0.4) is 0 Å². The van der Waals surface area contributed by atoms with Crippen molar-refractivity contribution in [3.63, 3.8) is 0 Å². The van der Waals surface area contributed by atoms with E-state index in [1.807, 2.05) is 19.9 Å². The van der Waals surface area contributed by atoms with E-state index in [-0.39, 0.29) is 0 Å². The first kappa shape index (κ1) is 14.0. The third-order valence-electron chi connectivity index (χ3n) is 3.43. The summed E-state index contributed by atoms with van der Waals surface area (Å²) in [5.74, 6) is 1.65. The number of piperidine rings is 1. The minimum absolute atomic E-state index is 0.352. The number of rotatable bonds is 5. The SMILES string of the molecule is CCOc1ccc(N2CCC(N)CC2)cc1OCC. The summed E-state index contributed by atoms with van der Waals surface area (Å²) < 4.78 is 11.3. The van der Waals surface area contributed by atoms with Crippen molar-refractivity contribution in [2.24, 2.45) is 5.73 Å². The molecule has 0 saturated carbocycles. The minimum atomic E-state index is 0.352. The van der Waals surface area contributed by atoms with Gasteiger partial charge < -0.3 is 20.1 Å². The molecule has 19 heavy (non-hydrogen) atoms. The molecule has 2 rings (SSSR count). The molecule has 0 aliphatic carbocycles. The van der Waals surface area contributed by atoms with Crippen LogP contribution in [0.1, 0.15) is 26.7 Å². The Hall–Kier alpha value is -1.42. The molecule has 1 aromatic rings. The zero-order chi connectivity index (χ0) is 13.7. The molecule has 106 valence electrons. The zero-order valence-corrected chi connectivity index (χ0v) is 11.9. The maximum absolute atomic E-state index is 5.94. The molecular formula is C15H24N2O2. The van der Waals surface area contributed by atoms with E-state index in [1.54, 1.807) is 0 Å². The van der Waals surface area contributed by atoms with Crippen LogP contribution in [0.5, 0.6) is 11.5 Å². The minimum Gasteiger partial charge on any atom is -0.490 e. The van der Waals surface area contributed by atoms with Crippen LogP contribution in [-0.2, 0) is 0 Å². The molecular weight excluding hydrogens is 240 g/mol. The third-order valence-corrected chi connectivity index (χ3v) is 3.43. The summed E-state index contributed by atoms with van der Waals surface area (Å²) in [7, 11) is 0. The summed E-state index contributed by atoms with van der Waals surface area (Å²) in [6.07, 6.45) is 2.11. The second-order valence-electron chi connectivity index (χ2n) is 4.82. The summed E-state index contributed by atoms with van der Waals surface area (Å²) in [6, 6.07) is 6.53. The van der Waals surface area contributed by atoms with Gasteiger partial charge in [0.25, 0.3) is 0 Å². The van der Waals surface area contributed by atoms with Gasteiger partial charge in [-0.1, -0.05) is 0 Å². The molecule has 0 spiro atoms. The fraction of sp³-hybridized carbons (Fsp3) is 0.600. The Morgan fingerprint density at radius 1 is 1.11 bits per heavy atom. The first-order valence-corrected chi connectivity index (χ1v) is 7.14.